The highest BCUT2D eigenvalue weighted by atomic mass is 35.5. The molecule has 4 nitrogen and oxygen atoms in total. The summed E-state index contributed by atoms with van der Waals surface area (Å²) in [6, 6.07) is 7.62. The van der Waals surface area contributed by atoms with Crippen LogP contribution in [0.25, 0.3) is 16.8 Å². The van der Waals surface area contributed by atoms with E-state index < -0.39 is 0 Å². The Kier molecular flexibility index (Phi) is 2.69. The van der Waals surface area contributed by atoms with Crippen molar-refractivity contribution in [2.45, 2.75) is 26.2 Å². The number of hydrogen-bond donors (Lipinski definition) is 1. The van der Waals surface area contributed by atoms with E-state index in [9.17, 15) is 4.79 Å². The van der Waals surface area contributed by atoms with Gasteiger partial charge in [-0.1, -0.05) is 23.7 Å². The Labute approximate surface area is 126 Å². The molecule has 1 aromatic carbocycles. The van der Waals surface area contributed by atoms with Gasteiger partial charge in [-0.15, -0.1) is 0 Å². The second-order valence-corrected chi connectivity index (χ2v) is 5.90. The van der Waals surface area contributed by atoms with Crippen LogP contribution in [0.3, 0.4) is 0 Å². The molecule has 1 N–H and O–H groups in total. The van der Waals surface area contributed by atoms with Gasteiger partial charge in [-0.25, -0.2) is 0 Å². The van der Waals surface area contributed by atoms with E-state index in [2.05, 4.69) is 10.1 Å². The van der Waals surface area contributed by atoms with E-state index in [0.29, 0.717) is 5.02 Å². The summed E-state index contributed by atoms with van der Waals surface area (Å²) < 4.78 is 1.50. The van der Waals surface area contributed by atoms with E-state index >= 15 is 0 Å². The lowest BCUT2D eigenvalue weighted by Crippen LogP contribution is -2.20. The van der Waals surface area contributed by atoms with E-state index in [0.717, 1.165) is 53.0 Å². The van der Waals surface area contributed by atoms with Crippen LogP contribution in [0.2, 0.25) is 5.02 Å². The molecule has 3 aromatic rings. The number of H-pyrrole nitrogens is 1. The van der Waals surface area contributed by atoms with Gasteiger partial charge in [-0.3, -0.25) is 4.79 Å². The highest BCUT2D eigenvalue weighted by Gasteiger charge is 2.21. The Morgan fingerprint density at radius 2 is 2.00 bits per heavy atom. The van der Waals surface area contributed by atoms with E-state index in [4.69, 9.17) is 11.6 Å². The van der Waals surface area contributed by atoms with E-state index in [1.54, 1.807) is 0 Å². The number of nitrogens with zero attached hydrogens (tertiary/aromatic N) is 2. The fourth-order valence-electron chi connectivity index (χ4n) is 3.14. The fraction of sp³-hybridized carbons (Fsp3) is 0.250. The quantitative estimate of drug-likeness (QED) is 0.750. The molecular formula is C16H14ClN3O. The summed E-state index contributed by atoms with van der Waals surface area (Å²) in [6.07, 6.45) is 2.81. The van der Waals surface area contributed by atoms with Crippen LogP contribution in [0.1, 0.15) is 23.4 Å². The minimum Gasteiger partial charge on any atom is -0.343 e. The third-order valence-corrected chi connectivity index (χ3v) is 4.38. The molecule has 4 rings (SSSR count). The third kappa shape index (κ3) is 1.83. The molecule has 0 radical (unpaired) electrons. The number of aromatic amines is 1. The summed E-state index contributed by atoms with van der Waals surface area (Å²) >= 11 is 5.95. The van der Waals surface area contributed by atoms with E-state index in [1.165, 1.54) is 4.52 Å². The topological polar surface area (TPSA) is 50.2 Å². The standard InChI is InChI=1S/C16H14ClN3O/c1-9-14(10-5-7-11(17)8-6-10)15-18-13-4-2-3-12(13)16(21)20(15)19-9/h5-8,18H,2-4H2,1H3. The Balaban J connectivity index is 2.06. The van der Waals surface area contributed by atoms with Crippen molar-refractivity contribution in [3.63, 3.8) is 0 Å². The van der Waals surface area contributed by atoms with Crippen LogP contribution >= 0.6 is 11.6 Å². The van der Waals surface area contributed by atoms with Crippen LogP contribution < -0.4 is 5.56 Å². The lowest BCUT2D eigenvalue weighted by molar-refractivity contribution is 0.856. The summed E-state index contributed by atoms with van der Waals surface area (Å²) in [5.74, 6) is 0. The molecule has 2 heterocycles. The van der Waals surface area contributed by atoms with Crippen molar-refractivity contribution in [1.29, 1.82) is 0 Å². The normalized spacial score (nSPS) is 13.8. The lowest BCUT2D eigenvalue weighted by Gasteiger charge is -2.04. The van der Waals surface area contributed by atoms with Crippen LogP contribution in [0.15, 0.2) is 29.1 Å². The molecule has 21 heavy (non-hydrogen) atoms. The van der Waals surface area contributed by atoms with Crippen molar-refractivity contribution in [3.05, 3.63) is 56.6 Å². The molecule has 1 aliphatic carbocycles. The molecule has 2 aromatic heterocycles. The van der Waals surface area contributed by atoms with Crippen LogP contribution in [0.4, 0.5) is 0 Å². The zero-order valence-electron chi connectivity index (χ0n) is 11.6. The van der Waals surface area contributed by atoms with Gasteiger partial charge in [0.05, 0.1) is 5.69 Å². The third-order valence-electron chi connectivity index (χ3n) is 4.13. The minimum absolute atomic E-state index is 0.0135. The first-order valence-electron chi connectivity index (χ1n) is 7.04. The van der Waals surface area contributed by atoms with Crippen molar-refractivity contribution in [2.24, 2.45) is 0 Å². The molecule has 106 valence electrons. The molecule has 0 spiro atoms. The first-order valence-corrected chi connectivity index (χ1v) is 7.42. The van der Waals surface area contributed by atoms with Crippen LogP contribution in [-0.2, 0) is 12.8 Å². The van der Waals surface area contributed by atoms with Gasteiger partial charge in [0, 0.05) is 21.8 Å². The Bertz CT molecular complexity index is 906. The first kappa shape index (κ1) is 12.7. The number of benzene rings is 1. The zero-order chi connectivity index (χ0) is 14.6. The largest absolute Gasteiger partial charge is 0.343 e. The number of halogens is 1. The molecule has 0 aliphatic heterocycles. The van der Waals surface area contributed by atoms with Gasteiger partial charge in [-0.2, -0.15) is 9.61 Å². The van der Waals surface area contributed by atoms with Crippen LogP contribution in [-0.4, -0.2) is 14.6 Å². The molecule has 0 atom stereocenters. The van der Waals surface area contributed by atoms with Gasteiger partial charge in [0.15, 0.2) is 0 Å². The highest BCUT2D eigenvalue weighted by molar-refractivity contribution is 6.30. The smallest absolute Gasteiger partial charge is 0.277 e. The van der Waals surface area contributed by atoms with Crippen LogP contribution in [0.5, 0.6) is 0 Å². The SMILES string of the molecule is Cc1nn2c(=O)c3c([nH]c2c1-c1ccc(Cl)cc1)CCC3. The van der Waals surface area contributed by atoms with Crippen molar-refractivity contribution in [1.82, 2.24) is 14.6 Å². The molecule has 0 saturated carbocycles. The summed E-state index contributed by atoms with van der Waals surface area (Å²) in [4.78, 5) is 15.9. The predicted molar refractivity (Wildman–Crippen MR) is 83.0 cm³/mol. The molecule has 1 aliphatic rings. The number of fused-ring (bicyclic) bond motifs is 2. The van der Waals surface area contributed by atoms with Gasteiger partial charge in [0.1, 0.15) is 5.65 Å². The molecule has 0 unspecified atom stereocenters. The van der Waals surface area contributed by atoms with Crippen molar-refractivity contribution < 1.29 is 0 Å². The first-order chi connectivity index (χ1) is 10.1. The van der Waals surface area contributed by atoms with E-state index in [-0.39, 0.29) is 5.56 Å². The van der Waals surface area contributed by atoms with Gasteiger partial charge < -0.3 is 4.98 Å². The summed E-state index contributed by atoms with van der Waals surface area (Å²) in [5, 5.41) is 5.13. The second kappa shape index (κ2) is 4.46. The predicted octanol–water partition coefficient (Wildman–Crippen LogP) is 3.14. The molecular weight excluding hydrogens is 286 g/mol. The maximum absolute atomic E-state index is 12.5. The number of hydrogen-bond acceptors (Lipinski definition) is 2. The Morgan fingerprint density at radius 1 is 1.24 bits per heavy atom. The Morgan fingerprint density at radius 3 is 2.76 bits per heavy atom. The molecule has 0 saturated heterocycles. The average Bonchev–Trinajstić information content (AvgIpc) is 3.05. The summed E-state index contributed by atoms with van der Waals surface area (Å²) in [6.45, 7) is 1.93. The highest BCUT2D eigenvalue weighted by Crippen LogP contribution is 2.29. The van der Waals surface area contributed by atoms with Crippen LogP contribution in [0, 0.1) is 6.92 Å². The molecule has 5 heteroatoms. The molecule has 0 fully saturated rings. The number of nitrogens with one attached hydrogen (secondary N) is 1. The fourth-order valence-corrected chi connectivity index (χ4v) is 3.27. The second-order valence-electron chi connectivity index (χ2n) is 5.47. The van der Waals surface area contributed by atoms with Gasteiger partial charge in [0.2, 0.25) is 0 Å². The minimum atomic E-state index is 0.0135. The van der Waals surface area contributed by atoms with Crippen molar-refractivity contribution in [2.75, 3.05) is 0 Å². The van der Waals surface area contributed by atoms with Gasteiger partial charge in [0.25, 0.3) is 5.56 Å². The molecule has 0 amide bonds. The maximum Gasteiger partial charge on any atom is 0.277 e. The number of aromatic nitrogens is 3. The van der Waals surface area contributed by atoms with E-state index in [1.807, 2.05) is 31.2 Å². The number of rotatable bonds is 1. The average molecular weight is 300 g/mol. The lowest BCUT2D eigenvalue weighted by atomic mass is 10.1. The summed E-state index contributed by atoms with van der Waals surface area (Å²) in [5.41, 5.74) is 5.56. The molecule has 0 bridgehead atoms. The van der Waals surface area contributed by atoms with Gasteiger partial charge in [-0.05, 0) is 43.9 Å². The van der Waals surface area contributed by atoms with Gasteiger partial charge >= 0.3 is 0 Å². The maximum atomic E-state index is 12.5. The number of aryl methyl sites for hydroxylation is 2. The summed E-state index contributed by atoms with van der Waals surface area (Å²) in [7, 11) is 0. The Hall–Kier alpha value is -2.07. The van der Waals surface area contributed by atoms with Crippen molar-refractivity contribution >= 4 is 17.2 Å². The monoisotopic (exact) mass is 299 g/mol. The van der Waals surface area contributed by atoms with Crippen molar-refractivity contribution in [3.8, 4) is 11.1 Å². The zero-order valence-corrected chi connectivity index (χ0v) is 12.4.